The first kappa shape index (κ1) is 25.3. The van der Waals surface area contributed by atoms with E-state index in [4.69, 9.17) is 16.6 Å². The molecule has 0 amide bonds. The molecule has 170 valence electrons. The summed E-state index contributed by atoms with van der Waals surface area (Å²) in [6, 6.07) is 1.06. The lowest BCUT2D eigenvalue weighted by atomic mass is 10.1. The van der Waals surface area contributed by atoms with Gasteiger partial charge in [-0.15, -0.1) is 24.0 Å². The van der Waals surface area contributed by atoms with Gasteiger partial charge in [-0.1, -0.05) is 11.6 Å². The first-order valence-electron chi connectivity index (χ1n) is 9.97. The summed E-state index contributed by atoms with van der Waals surface area (Å²) in [6.07, 6.45) is -1.62. The van der Waals surface area contributed by atoms with Gasteiger partial charge in [-0.2, -0.15) is 13.2 Å². The standard InChI is InChI=1S/C19H28ClF3N6.HI/c1-3-24-18(26-9-13-4-6-28(2)11-13)27-15-5-7-29(12-15)17-16(20)8-14(10-25-17)19(21,22)23;/h8,10,13,15H,3-7,9,11-12H2,1-2H3,(H2,24,26,27);1H. The summed E-state index contributed by atoms with van der Waals surface area (Å²) in [7, 11) is 2.13. The maximum absolute atomic E-state index is 12.8. The number of nitrogens with one attached hydrogen (secondary N) is 2. The van der Waals surface area contributed by atoms with Gasteiger partial charge in [-0.25, -0.2) is 4.98 Å². The van der Waals surface area contributed by atoms with Gasteiger partial charge >= 0.3 is 6.18 Å². The van der Waals surface area contributed by atoms with Gasteiger partial charge in [0.15, 0.2) is 5.96 Å². The van der Waals surface area contributed by atoms with Crippen molar-refractivity contribution in [1.82, 2.24) is 20.5 Å². The maximum Gasteiger partial charge on any atom is 0.417 e. The summed E-state index contributed by atoms with van der Waals surface area (Å²) in [6.45, 7) is 7.02. The Hall–Kier alpha value is -1.01. The molecule has 2 aliphatic heterocycles. The molecule has 0 saturated carbocycles. The van der Waals surface area contributed by atoms with Crippen molar-refractivity contribution in [3.63, 3.8) is 0 Å². The average molecular weight is 561 g/mol. The minimum atomic E-state index is -4.45. The highest BCUT2D eigenvalue weighted by molar-refractivity contribution is 14.0. The van der Waals surface area contributed by atoms with Gasteiger partial charge in [0.1, 0.15) is 5.82 Å². The molecule has 0 bridgehead atoms. The molecular formula is C19H29ClF3IN6. The Kier molecular flexibility index (Phi) is 9.29. The van der Waals surface area contributed by atoms with Crippen LogP contribution >= 0.6 is 35.6 Å². The van der Waals surface area contributed by atoms with Crippen LogP contribution < -0.4 is 15.5 Å². The Balaban J connectivity index is 0.00000320. The second-order valence-electron chi connectivity index (χ2n) is 7.74. The van der Waals surface area contributed by atoms with Gasteiger partial charge < -0.3 is 20.4 Å². The van der Waals surface area contributed by atoms with Crippen molar-refractivity contribution in [2.24, 2.45) is 10.9 Å². The third kappa shape index (κ3) is 6.74. The number of hydrogen-bond donors (Lipinski definition) is 2. The smallest absolute Gasteiger partial charge is 0.357 e. The number of nitrogens with zero attached hydrogens (tertiary/aromatic N) is 4. The van der Waals surface area contributed by atoms with Gasteiger partial charge in [-0.05, 0) is 45.3 Å². The molecule has 3 heterocycles. The van der Waals surface area contributed by atoms with E-state index in [9.17, 15) is 13.2 Å². The van der Waals surface area contributed by atoms with Crippen LogP contribution in [0.5, 0.6) is 0 Å². The number of halogens is 5. The number of aliphatic imine (C=N–C) groups is 1. The van der Waals surface area contributed by atoms with Crippen LogP contribution in [0.1, 0.15) is 25.3 Å². The van der Waals surface area contributed by atoms with Crippen LogP contribution in [-0.2, 0) is 6.18 Å². The van der Waals surface area contributed by atoms with Crippen molar-refractivity contribution >= 4 is 47.4 Å². The Morgan fingerprint density at radius 1 is 1.30 bits per heavy atom. The van der Waals surface area contributed by atoms with Crippen LogP contribution in [0.3, 0.4) is 0 Å². The Morgan fingerprint density at radius 2 is 2.07 bits per heavy atom. The van der Waals surface area contributed by atoms with Crippen LogP contribution in [0, 0.1) is 5.92 Å². The number of guanidine groups is 1. The van der Waals surface area contributed by atoms with E-state index >= 15 is 0 Å². The largest absolute Gasteiger partial charge is 0.417 e. The van der Waals surface area contributed by atoms with Gasteiger partial charge in [-0.3, -0.25) is 4.99 Å². The zero-order chi connectivity index (χ0) is 21.0. The third-order valence-electron chi connectivity index (χ3n) is 5.32. The predicted octanol–water partition coefficient (Wildman–Crippen LogP) is 3.46. The molecule has 2 atom stereocenters. The van der Waals surface area contributed by atoms with Gasteiger partial charge in [0, 0.05) is 45.0 Å². The van der Waals surface area contributed by atoms with Gasteiger partial charge in [0.05, 0.1) is 10.6 Å². The van der Waals surface area contributed by atoms with Crippen LogP contribution in [0.15, 0.2) is 17.3 Å². The van der Waals surface area contributed by atoms with Crippen LogP contribution in [0.25, 0.3) is 0 Å². The predicted molar refractivity (Wildman–Crippen MR) is 125 cm³/mol. The molecule has 1 aromatic rings. The van der Waals surface area contributed by atoms with Crippen molar-refractivity contribution in [3.8, 4) is 0 Å². The number of aromatic nitrogens is 1. The van der Waals surface area contributed by atoms with E-state index in [1.807, 2.05) is 11.8 Å². The minimum absolute atomic E-state index is 0. The fourth-order valence-electron chi connectivity index (χ4n) is 3.80. The highest BCUT2D eigenvalue weighted by Gasteiger charge is 2.33. The molecule has 11 heteroatoms. The van der Waals surface area contributed by atoms with Crippen molar-refractivity contribution in [3.05, 3.63) is 22.8 Å². The molecule has 0 spiro atoms. The highest BCUT2D eigenvalue weighted by atomic mass is 127. The van der Waals surface area contributed by atoms with Crippen molar-refractivity contribution in [1.29, 1.82) is 0 Å². The van der Waals surface area contributed by atoms with Crippen LogP contribution in [-0.4, -0.2) is 68.2 Å². The van der Waals surface area contributed by atoms with Crippen molar-refractivity contribution in [2.75, 3.05) is 51.2 Å². The number of pyridine rings is 1. The molecule has 2 N–H and O–H groups in total. The summed E-state index contributed by atoms with van der Waals surface area (Å²) in [5.41, 5.74) is -0.834. The highest BCUT2D eigenvalue weighted by Crippen LogP contribution is 2.34. The molecule has 2 aliphatic rings. The zero-order valence-electron chi connectivity index (χ0n) is 17.2. The van der Waals surface area contributed by atoms with E-state index in [-0.39, 0.29) is 35.0 Å². The average Bonchev–Trinajstić information content (AvgIpc) is 3.28. The minimum Gasteiger partial charge on any atom is -0.357 e. The topological polar surface area (TPSA) is 55.8 Å². The van der Waals surface area contributed by atoms with E-state index in [1.54, 1.807) is 0 Å². The summed E-state index contributed by atoms with van der Waals surface area (Å²) >= 11 is 6.09. The normalized spacial score (nSPS) is 22.9. The van der Waals surface area contributed by atoms with Gasteiger partial charge in [0.2, 0.25) is 0 Å². The molecule has 2 saturated heterocycles. The van der Waals surface area contributed by atoms with Crippen LogP contribution in [0.4, 0.5) is 19.0 Å². The fourth-order valence-corrected chi connectivity index (χ4v) is 4.08. The summed E-state index contributed by atoms with van der Waals surface area (Å²) in [4.78, 5) is 12.9. The van der Waals surface area contributed by atoms with Crippen molar-refractivity contribution in [2.45, 2.75) is 32.0 Å². The summed E-state index contributed by atoms with van der Waals surface area (Å²) in [5, 5.41) is 6.73. The maximum atomic E-state index is 12.8. The first-order chi connectivity index (χ1) is 13.8. The lowest BCUT2D eigenvalue weighted by molar-refractivity contribution is -0.137. The Labute approximate surface area is 197 Å². The Bertz CT molecular complexity index is 733. The van der Waals surface area contributed by atoms with Gasteiger partial charge in [0.25, 0.3) is 0 Å². The van der Waals surface area contributed by atoms with Crippen molar-refractivity contribution < 1.29 is 13.2 Å². The lowest BCUT2D eigenvalue weighted by Crippen LogP contribution is -2.45. The molecule has 0 radical (unpaired) electrons. The number of likely N-dealkylation sites (tertiary alicyclic amines) is 1. The second-order valence-corrected chi connectivity index (χ2v) is 8.15. The van der Waals surface area contributed by atoms with E-state index in [0.29, 0.717) is 24.8 Å². The molecule has 6 nitrogen and oxygen atoms in total. The molecule has 0 aliphatic carbocycles. The molecule has 1 aromatic heterocycles. The SMILES string of the molecule is CCNC(=NCC1CCN(C)C1)NC1CCN(c2ncc(C(F)(F)F)cc2Cl)C1.I. The number of anilines is 1. The molecule has 0 aromatic carbocycles. The Morgan fingerprint density at radius 3 is 2.67 bits per heavy atom. The van der Waals surface area contributed by atoms with E-state index in [2.05, 4.69) is 27.6 Å². The lowest BCUT2D eigenvalue weighted by Gasteiger charge is -2.21. The van der Waals surface area contributed by atoms with Crippen LogP contribution in [0.2, 0.25) is 5.02 Å². The van der Waals surface area contributed by atoms with E-state index < -0.39 is 11.7 Å². The molecule has 3 rings (SSSR count). The fraction of sp³-hybridized carbons (Fsp3) is 0.684. The first-order valence-corrected chi connectivity index (χ1v) is 10.3. The number of alkyl halides is 3. The third-order valence-corrected chi connectivity index (χ3v) is 5.60. The van der Waals surface area contributed by atoms with E-state index in [1.165, 1.54) is 0 Å². The second kappa shape index (κ2) is 11.0. The number of hydrogen-bond acceptors (Lipinski definition) is 4. The number of rotatable bonds is 5. The zero-order valence-corrected chi connectivity index (χ0v) is 20.3. The molecule has 2 unspecified atom stereocenters. The molecular weight excluding hydrogens is 532 g/mol. The quantitative estimate of drug-likeness (QED) is 0.328. The molecule has 2 fully saturated rings. The summed E-state index contributed by atoms with van der Waals surface area (Å²) < 4.78 is 38.4. The molecule has 30 heavy (non-hydrogen) atoms. The monoisotopic (exact) mass is 560 g/mol. The summed E-state index contributed by atoms with van der Waals surface area (Å²) in [5.74, 6) is 1.74. The van der Waals surface area contributed by atoms with E-state index in [0.717, 1.165) is 57.2 Å².